The third-order valence-electron chi connectivity index (χ3n) is 6.81. The van der Waals surface area contributed by atoms with Crippen LogP contribution in [0, 0.1) is 6.92 Å². The van der Waals surface area contributed by atoms with Crippen molar-refractivity contribution in [1.82, 2.24) is 33.3 Å². The van der Waals surface area contributed by atoms with E-state index in [9.17, 15) is 13.2 Å². The van der Waals surface area contributed by atoms with Crippen molar-refractivity contribution in [2.75, 3.05) is 39.3 Å². The van der Waals surface area contributed by atoms with Gasteiger partial charge in [0.1, 0.15) is 0 Å². The van der Waals surface area contributed by atoms with E-state index in [1.54, 1.807) is 15.8 Å². The molecule has 35 heavy (non-hydrogen) atoms. The van der Waals surface area contributed by atoms with Crippen molar-refractivity contribution in [3.63, 3.8) is 0 Å². The molecule has 10 nitrogen and oxygen atoms in total. The summed E-state index contributed by atoms with van der Waals surface area (Å²) in [6.07, 6.45) is 3.83. The number of aryl methyl sites for hydroxylation is 1. The minimum Gasteiger partial charge on any atom is -0.336 e. The minimum absolute atomic E-state index is 0.108. The Bertz CT molecular complexity index is 1340. The largest absolute Gasteiger partial charge is 0.336 e. The molecule has 0 unspecified atom stereocenters. The summed E-state index contributed by atoms with van der Waals surface area (Å²) in [7, 11) is -3.52. The Morgan fingerprint density at radius 2 is 1.83 bits per heavy atom. The van der Waals surface area contributed by atoms with E-state index in [1.165, 1.54) is 8.61 Å². The molecule has 186 valence electrons. The maximum atomic E-state index is 13.8. The normalized spacial score (nSPS) is 17.4. The van der Waals surface area contributed by atoms with E-state index in [2.05, 4.69) is 10.1 Å². The first-order valence-corrected chi connectivity index (χ1v) is 13.6. The average Bonchev–Trinajstić information content (AvgIpc) is 3.68. The number of piperazine rings is 1. The van der Waals surface area contributed by atoms with Crippen molar-refractivity contribution in [3.05, 3.63) is 47.4 Å². The number of amides is 1. The summed E-state index contributed by atoms with van der Waals surface area (Å²) in [5, 5.41) is 5.40. The van der Waals surface area contributed by atoms with E-state index in [4.69, 9.17) is 4.98 Å². The monoisotopic (exact) mass is 497 g/mol. The molecule has 0 aromatic carbocycles. The predicted octanol–water partition coefficient (Wildman–Crippen LogP) is 2.35. The lowest BCUT2D eigenvalue weighted by Gasteiger charge is -2.36. The van der Waals surface area contributed by atoms with Crippen LogP contribution in [0.25, 0.3) is 16.9 Å². The third kappa shape index (κ3) is 4.32. The van der Waals surface area contributed by atoms with Crippen molar-refractivity contribution in [1.29, 1.82) is 0 Å². The van der Waals surface area contributed by atoms with E-state index in [1.807, 2.05) is 45.0 Å². The molecule has 1 saturated heterocycles. The predicted molar refractivity (Wildman–Crippen MR) is 133 cm³/mol. The van der Waals surface area contributed by atoms with Gasteiger partial charge in [-0.05, 0) is 38.0 Å². The first-order valence-electron chi connectivity index (χ1n) is 12.2. The minimum atomic E-state index is -3.52. The molecule has 11 heteroatoms. The number of aromatic nitrogens is 4. The van der Waals surface area contributed by atoms with Gasteiger partial charge in [-0.1, -0.05) is 19.9 Å². The van der Waals surface area contributed by atoms with Gasteiger partial charge in [-0.2, -0.15) is 26.8 Å². The fraction of sp³-hybridized carbons (Fsp3) is 0.500. The highest BCUT2D eigenvalue weighted by Gasteiger charge is 2.34. The second kappa shape index (κ2) is 9.29. The van der Waals surface area contributed by atoms with Crippen LogP contribution < -0.4 is 0 Å². The Labute approximate surface area is 205 Å². The second-order valence-electron chi connectivity index (χ2n) is 9.04. The number of nitrogens with zero attached hydrogens (tertiary/aromatic N) is 7. The van der Waals surface area contributed by atoms with Crippen LogP contribution in [0.2, 0.25) is 0 Å². The number of hydrogen-bond donors (Lipinski definition) is 0. The van der Waals surface area contributed by atoms with Gasteiger partial charge in [-0.25, -0.2) is 9.97 Å². The lowest BCUT2D eigenvalue weighted by atomic mass is 10.1. The molecular formula is C24H31N7O3S. The first-order chi connectivity index (χ1) is 16.8. The van der Waals surface area contributed by atoms with E-state index in [0.717, 1.165) is 23.9 Å². The molecule has 1 saturated carbocycles. The number of fused-ring (bicyclic) bond motifs is 1. The zero-order valence-corrected chi connectivity index (χ0v) is 21.2. The Morgan fingerprint density at radius 1 is 1.11 bits per heavy atom. The zero-order valence-electron chi connectivity index (χ0n) is 20.4. The van der Waals surface area contributed by atoms with Crippen molar-refractivity contribution in [2.45, 2.75) is 39.5 Å². The second-order valence-corrected chi connectivity index (χ2v) is 11.0. The summed E-state index contributed by atoms with van der Waals surface area (Å²) < 4.78 is 30.4. The summed E-state index contributed by atoms with van der Waals surface area (Å²) in [4.78, 5) is 24.9. The Kier molecular flexibility index (Phi) is 6.32. The first kappa shape index (κ1) is 23.8. The molecule has 2 aliphatic rings. The number of pyridine rings is 2. The van der Waals surface area contributed by atoms with Gasteiger partial charge in [0, 0.05) is 57.1 Å². The summed E-state index contributed by atoms with van der Waals surface area (Å²) >= 11 is 0. The van der Waals surface area contributed by atoms with Crippen molar-refractivity contribution in [2.24, 2.45) is 0 Å². The van der Waals surface area contributed by atoms with Crippen LogP contribution in [-0.2, 0) is 10.2 Å². The maximum absolute atomic E-state index is 13.8. The molecule has 0 radical (unpaired) electrons. The van der Waals surface area contributed by atoms with Crippen molar-refractivity contribution < 1.29 is 13.2 Å². The van der Waals surface area contributed by atoms with E-state index < -0.39 is 10.2 Å². The lowest BCUT2D eigenvalue weighted by molar-refractivity contribution is 0.0696. The van der Waals surface area contributed by atoms with Gasteiger partial charge in [0.05, 0.1) is 16.6 Å². The fourth-order valence-electron chi connectivity index (χ4n) is 4.71. The molecule has 3 aromatic heterocycles. The number of carbonyl (C=O) groups is 1. The molecule has 1 amide bonds. The fourth-order valence-corrected chi connectivity index (χ4v) is 6.31. The van der Waals surface area contributed by atoms with Crippen LogP contribution in [0.1, 0.15) is 54.4 Å². The maximum Gasteiger partial charge on any atom is 0.282 e. The number of hydrogen-bond acceptors (Lipinski definition) is 6. The lowest BCUT2D eigenvalue weighted by Crippen LogP contribution is -2.54. The average molecular weight is 498 g/mol. The van der Waals surface area contributed by atoms with Gasteiger partial charge < -0.3 is 4.90 Å². The summed E-state index contributed by atoms with van der Waals surface area (Å²) in [5.41, 5.74) is 2.83. The highest BCUT2D eigenvalue weighted by atomic mass is 32.2. The summed E-state index contributed by atoms with van der Waals surface area (Å²) in [6.45, 7) is 7.64. The van der Waals surface area contributed by atoms with Gasteiger partial charge in [0.2, 0.25) is 0 Å². The van der Waals surface area contributed by atoms with Crippen LogP contribution in [0.3, 0.4) is 0 Å². The van der Waals surface area contributed by atoms with Crippen LogP contribution in [-0.4, -0.2) is 86.9 Å². The molecule has 0 atom stereocenters. The van der Waals surface area contributed by atoms with Crippen molar-refractivity contribution >= 4 is 27.1 Å². The topological polar surface area (TPSA) is 105 Å². The van der Waals surface area contributed by atoms with E-state index in [-0.39, 0.29) is 19.0 Å². The van der Waals surface area contributed by atoms with Crippen LogP contribution in [0.5, 0.6) is 0 Å². The van der Waals surface area contributed by atoms with Crippen LogP contribution >= 0.6 is 0 Å². The summed E-state index contributed by atoms with van der Waals surface area (Å²) in [5.74, 6) is 0.900. The van der Waals surface area contributed by atoms with E-state index in [0.29, 0.717) is 54.8 Å². The molecule has 0 spiro atoms. The molecule has 3 aromatic rings. The zero-order chi connectivity index (χ0) is 24.7. The highest BCUT2D eigenvalue weighted by Crippen LogP contribution is 2.41. The molecule has 1 aliphatic heterocycles. The quantitative estimate of drug-likeness (QED) is 0.496. The summed E-state index contributed by atoms with van der Waals surface area (Å²) in [6, 6.07) is 7.53. The van der Waals surface area contributed by atoms with Crippen LogP contribution in [0.15, 0.2) is 30.5 Å². The molecule has 1 aliphatic carbocycles. The Balaban J connectivity index is 1.47. The van der Waals surface area contributed by atoms with Gasteiger partial charge in [-0.15, -0.1) is 0 Å². The molecule has 5 rings (SSSR count). The smallest absolute Gasteiger partial charge is 0.282 e. The van der Waals surface area contributed by atoms with Gasteiger partial charge in [0.15, 0.2) is 11.5 Å². The number of carbonyl (C=O) groups excluding carboxylic acids is 1. The van der Waals surface area contributed by atoms with Crippen LogP contribution in [0.4, 0.5) is 0 Å². The standard InChI is InChI=1S/C24H31N7O3S/c1-4-29(5-2)35(33,34)30-14-12-28(13-15-30)24(32)19-16-20(18-9-10-18)26-23-22(19)17(3)27-31(23)21-8-6-7-11-25-21/h6-8,11,16,18H,4-5,9-10,12-15H2,1-3H3. The SMILES string of the molecule is CCN(CC)S(=O)(=O)N1CCN(C(=O)c2cc(C3CC3)nc3c2c(C)nn3-c2ccccn2)CC1. The highest BCUT2D eigenvalue weighted by molar-refractivity contribution is 7.86. The van der Waals surface area contributed by atoms with E-state index >= 15 is 0 Å². The van der Waals surface area contributed by atoms with Gasteiger partial charge >= 0.3 is 0 Å². The van der Waals surface area contributed by atoms with Crippen molar-refractivity contribution in [3.8, 4) is 5.82 Å². The molecular weight excluding hydrogens is 466 g/mol. The van der Waals surface area contributed by atoms with Gasteiger partial charge in [0.25, 0.3) is 16.1 Å². The van der Waals surface area contributed by atoms with Gasteiger partial charge in [-0.3, -0.25) is 4.79 Å². The number of rotatable bonds is 7. The molecule has 2 fully saturated rings. The molecule has 4 heterocycles. The Morgan fingerprint density at radius 3 is 2.43 bits per heavy atom. The third-order valence-corrected chi connectivity index (χ3v) is 9.00. The molecule has 0 bridgehead atoms. The molecule has 0 N–H and O–H groups in total. The Hall–Kier alpha value is -2.89.